The van der Waals surface area contributed by atoms with Crippen LogP contribution in [0.1, 0.15) is 25.0 Å². The van der Waals surface area contributed by atoms with Crippen molar-refractivity contribution in [2.24, 2.45) is 0 Å². The summed E-state index contributed by atoms with van der Waals surface area (Å²) < 4.78 is 0. The van der Waals surface area contributed by atoms with E-state index in [2.05, 4.69) is 38.2 Å². The zero-order valence-corrected chi connectivity index (χ0v) is 11.5. The smallest absolute Gasteiger partial charge is 0.120 e. The van der Waals surface area contributed by atoms with E-state index in [1.54, 1.807) is 6.07 Å². The molecule has 0 radical (unpaired) electrons. The van der Waals surface area contributed by atoms with Gasteiger partial charge in [-0.3, -0.25) is 0 Å². The van der Waals surface area contributed by atoms with Crippen molar-refractivity contribution in [3.05, 3.63) is 29.3 Å². The summed E-state index contributed by atoms with van der Waals surface area (Å²) >= 11 is 0. The predicted molar refractivity (Wildman–Crippen MR) is 72.3 cm³/mol. The van der Waals surface area contributed by atoms with Crippen molar-refractivity contribution in [1.82, 2.24) is 10.2 Å². The lowest BCUT2D eigenvalue weighted by molar-refractivity contribution is 0.189. The molecule has 0 aliphatic carbocycles. The average molecular weight is 236 g/mol. The van der Waals surface area contributed by atoms with E-state index >= 15 is 0 Å². The fourth-order valence-electron chi connectivity index (χ4n) is 1.52. The molecule has 0 saturated heterocycles. The number of nitrogens with zero attached hydrogens (tertiary/aromatic N) is 1. The SMILES string of the molecule is Cc1ccc(O)c(CNCC(C)(C)N(C)C)c1. The van der Waals surface area contributed by atoms with Gasteiger partial charge in [-0.25, -0.2) is 0 Å². The number of hydrogen-bond acceptors (Lipinski definition) is 3. The van der Waals surface area contributed by atoms with E-state index in [-0.39, 0.29) is 5.54 Å². The maximum Gasteiger partial charge on any atom is 0.120 e. The van der Waals surface area contributed by atoms with Crippen LogP contribution in [0, 0.1) is 6.92 Å². The summed E-state index contributed by atoms with van der Waals surface area (Å²) in [6, 6.07) is 5.69. The van der Waals surface area contributed by atoms with Gasteiger partial charge in [0.2, 0.25) is 0 Å². The minimum absolute atomic E-state index is 0.111. The lowest BCUT2D eigenvalue weighted by Crippen LogP contribution is -2.46. The Hall–Kier alpha value is -1.06. The van der Waals surface area contributed by atoms with Gasteiger partial charge in [0.05, 0.1) is 0 Å². The summed E-state index contributed by atoms with van der Waals surface area (Å²) in [5, 5.41) is 13.1. The number of phenolic OH excluding ortho intramolecular Hbond substituents is 1. The van der Waals surface area contributed by atoms with Crippen LogP contribution in [0.5, 0.6) is 5.75 Å². The van der Waals surface area contributed by atoms with E-state index in [4.69, 9.17) is 0 Å². The van der Waals surface area contributed by atoms with E-state index in [1.165, 1.54) is 5.56 Å². The van der Waals surface area contributed by atoms with Crippen molar-refractivity contribution in [3.63, 3.8) is 0 Å². The number of hydrogen-bond donors (Lipinski definition) is 2. The second-order valence-corrected chi connectivity index (χ2v) is 5.44. The van der Waals surface area contributed by atoms with Crippen molar-refractivity contribution in [2.75, 3.05) is 20.6 Å². The first-order valence-electron chi connectivity index (χ1n) is 5.99. The monoisotopic (exact) mass is 236 g/mol. The molecule has 0 atom stereocenters. The van der Waals surface area contributed by atoms with Gasteiger partial charge in [0.15, 0.2) is 0 Å². The van der Waals surface area contributed by atoms with E-state index in [9.17, 15) is 5.11 Å². The van der Waals surface area contributed by atoms with Gasteiger partial charge in [0, 0.05) is 24.2 Å². The van der Waals surface area contributed by atoms with Crippen LogP contribution in [0.4, 0.5) is 0 Å². The third-order valence-corrected chi connectivity index (χ3v) is 3.32. The number of benzene rings is 1. The minimum atomic E-state index is 0.111. The third-order valence-electron chi connectivity index (χ3n) is 3.32. The topological polar surface area (TPSA) is 35.5 Å². The van der Waals surface area contributed by atoms with Gasteiger partial charge < -0.3 is 15.3 Å². The van der Waals surface area contributed by atoms with E-state index in [0.29, 0.717) is 12.3 Å². The van der Waals surface area contributed by atoms with Gasteiger partial charge in [-0.15, -0.1) is 0 Å². The summed E-state index contributed by atoms with van der Waals surface area (Å²) in [6.07, 6.45) is 0. The number of rotatable bonds is 5. The fraction of sp³-hybridized carbons (Fsp3) is 0.571. The van der Waals surface area contributed by atoms with E-state index < -0.39 is 0 Å². The molecule has 0 unspecified atom stereocenters. The Morgan fingerprint density at radius 1 is 1.29 bits per heavy atom. The van der Waals surface area contributed by atoms with Crippen molar-refractivity contribution in [1.29, 1.82) is 0 Å². The van der Waals surface area contributed by atoms with Crippen LogP contribution < -0.4 is 5.32 Å². The molecular formula is C14H24N2O. The molecule has 1 aromatic rings. The van der Waals surface area contributed by atoms with Crippen LogP contribution in [0.2, 0.25) is 0 Å². The predicted octanol–water partition coefficient (Wildman–Crippen LogP) is 2.13. The zero-order valence-electron chi connectivity index (χ0n) is 11.5. The second kappa shape index (κ2) is 5.52. The van der Waals surface area contributed by atoms with Crippen molar-refractivity contribution >= 4 is 0 Å². The third kappa shape index (κ3) is 4.02. The summed E-state index contributed by atoms with van der Waals surface area (Å²) in [4.78, 5) is 2.19. The van der Waals surface area contributed by atoms with Gasteiger partial charge in [-0.1, -0.05) is 17.7 Å². The summed E-state index contributed by atoms with van der Waals surface area (Å²) in [5.74, 6) is 0.366. The molecule has 0 saturated carbocycles. The highest BCUT2D eigenvalue weighted by atomic mass is 16.3. The molecule has 0 amide bonds. The maximum atomic E-state index is 9.72. The zero-order chi connectivity index (χ0) is 13.1. The Labute approximate surface area is 104 Å². The van der Waals surface area contributed by atoms with Gasteiger partial charge in [-0.05, 0) is 40.9 Å². The largest absolute Gasteiger partial charge is 0.508 e. The Balaban J connectivity index is 2.54. The molecule has 1 aromatic carbocycles. The first-order chi connectivity index (χ1) is 7.83. The number of likely N-dealkylation sites (N-methyl/N-ethyl adjacent to an activating group) is 1. The molecule has 0 aliphatic heterocycles. The fourth-order valence-corrected chi connectivity index (χ4v) is 1.52. The maximum absolute atomic E-state index is 9.72. The van der Waals surface area contributed by atoms with E-state index in [0.717, 1.165) is 12.1 Å². The van der Waals surface area contributed by atoms with Crippen LogP contribution in [0.3, 0.4) is 0 Å². The highest BCUT2D eigenvalue weighted by Crippen LogP contribution is 2.18. The first kappa shape index (κ1) is 14.0. The second-order valence-electron chi connectivity index (χ2n) is 5.44. The number of nitrogens with one attached hydrogen (secondary N) is 1. The first-order valence-corrected chi connectivity index (χ1v) is 5.99. The Kier molecular flexibility index (Phi) is 4.54. The van der Waals surface area contributed by atoms with Crippen LogP contribution in [-0.2, 0) is 6.54 Å². The standard InChI is InChI=1S/C14H24N2O/c1-11-6-7-13(17)12(8-11)9-15-10-14(2,3)16(4)5/h6-8,15,17H,9-10H2,1-5H3. The van der Waals surface area contributed by atoms with Crippen molar-refractivity contribution < 1.29 is 5.11 Å². The lowest BCUT2D eigenvalue weighted by atomic mass is 10.0. The molecule has 17 heavy (non-hydrogen) atoms. The normalized spacial score (nSPS) is 12.1. The summed E-state index contributed by atoms with van der Waals surface area (Å²) in [6.45, 7) is 8.00. The Morgan fingerprint density at radius 2 is 1.94 bits per heavy atom. The molecule has 0 aromatic heterocycles. The molecule has 3 heteroatoms. The molecule has 0 aliphatic rings. The van der Waals surface area contributed by atoms with Crippen molar-refractivity contribution in [2.45, 2.75) is 32.9 Å². The van der Waals surface area contributed by atoms with Gasteiger partial charge in [-0.2, -0.15) is 0 Å². The Morgan fingerprint density at radius 3 is 2.53 bits per heavy atom. The van der Waals surface area contributed by atoms with Crippen LogP contribution in [0.15, 0.2) is 18.2 Å². The van der Waals surface area contributed by atoms with E-state index in [1.807, 2.05) is 19.1 Å². The quantitative estimate of drug-likeness (QED) is 0.822. The lowest BCUT2D eigenvalue weighted by Gasteiger charge is -2.32. The van der Waals surface area contributed by atoms with Gasteiger partial charge >= 0.3 is 0 Å². The summed E-state index contributed by atoms with van der Waals surface area (Å²) in [7, 11) is 4.15. The highest BCUT2D eigenvalue weighted by molar-refractivity contribution is 5.35. The molecular weight excluding hydrogens is 212 g/mol. The molecule has 0 spiro atoms. The number of aryl methyl sites for hydroxylation is 1. The molecule has 3 nitrogen and oxygen atoms in total. The van der Waals surface area contributed by atoms with Gasteiger partial charge in [0.25, 0.3) is 0 Å². The highest BCUT2D eigenvalue weighted by Gasteiger charge is 2.19. The molecule has 96 valence electrons. The average Bonchev–Trinajstić information content (AvgIpc) is 2.22. The van der Waals surface area contributed by atoms with Crippen LogP contribution in [0.25, 0.3) is 0 Å². The van der Waals surface area contributed by atoms with Crippen LogP contribution in [-0.4, -0.2) is 36.2 Å². The number of phenols is 1. The van der Waals surface area contributed by atoms with Gasteiger partial charge in [0.1, 0.15) is 5.75 Å². The molecule has 2 N–H and O–H groups in total. The molecule has 0 heterocycles. The Bertz CT molecular complexity index is 372. The summed E-state index contributed by atoms with van der Waals surface area (Å²) in [5.41, 5.74) is 2.24. The van der Waals surface area contributed by atoms with Crippen molar-refractivity contribution in [3.8, 4) is 5.75 Å². The van der Waals surface area contributed by atoms with Crippen LogP contribution >= 0.6 is 0 Å². The number of aromatic hydroxyl groups is 1. The minimum Gasteiger partial charge on any atom is -0.508 e. The molecule has 0 fully saturated rings. The molecule has 1 rings (SSSR count). The molecule has 0 bridgehead atoms.